The fourth-order valence-electron chi connectivity index (χ4n) is 2.95. The summed E-state index contributed by atoms with van der Waals surface area (Å²) in [5, 5.41) is 4.86. The molecule has 1 atom stereocenters. The number of morpholine rings is 1. The van der Waals surface area contributed by atoms with Gasteiger partial charge in [0.2, 0.25) is 5.88 Å². The van der Waals surface area contributed by atoms with Crippen molar-refractivity contribution in [3.05, 3.63) is 36.0 Å². The van der Waals surface area contributed by atoms with E-state index in [1.807, 2.05) is 31.2 Å². The molecule has 128 valence electrons. The summed E-state index contributed by atoms with van der Waals surface area (Å²) in [7, 11) is 1.57. The van der Waals surface area contributed by atoms with E-state index in [1.165, 1.54) is 0 Å². The lowest BCUT2D eigenvalue weighted by atomic mass is 10.1. The van der Waals surface area contributed by atoms with Crippen LogP contribution in [0.1, 0.15) is 17.4 Å². The molecule has 2 aromatic rings. The van der Waals surface area contributed by atoms with Gasteiger partial charge >= 0.3 is 0 Å². The highest BCUT2D eigenvalue weighted by atomic mass is 16.5. The fourth-order valence-corrected chi connectivity index (χ4v) is 2.95. The Morgan fingerprint density at radius 3 is 2.88 bits per heavy atom. The number of methoxy groups -OCH3 is 1. The summed E-state index contributed by atoms with van der Waals surface area (Å²) in [4.78, 5) is 19.2. The quantitative estimate of drug-likeness (QED) is 0.904. The number of carbonyl (C=O) groups is 1. The normalized spacial score (nSPS) is 16.8. The minimum Gasteiger partial charge on any atom is -0.481 e. The summed E-state index contributed by atoms with van der Waals surface area (Å²) in [5.74, 6) is 0.291. The number of benzene rings is 1. The van der Waals surface area contributed by atoms with Crippen molar-refractivity contribution in [2.45, 2.75) is 13.0 Å². The van der Waals surface area contributed by atoms with Crippen molar-refractivity contribution in [1.82, 2.24) is 15.2 Å². The highest BCUT2D eigenvalue weighted by Gasteiger charge is 2.18. The molecule has 0 bridgehead atoms. The summed E-state index contributed by atoms with van der Waals surface area (Å²) in [6.45, 7) is 6.13. The minimum absolute atomic E-state index is 0.0369. The maximum Gasteiger partial charge on any atom is 0.270 e. The van der Waals surface area contributed by atoms with Gasteiger partial charge in [0.25, 0.3) is 5.91 Å². The molecule has 1 amide bonds. The Balaban J connectivity index is 1.71. The minimum atomic E-state index is -0.181. The third kappa shape index (κ3) is 3.83. The lowest BCUT2D eigenvalue weighted by Gasteiger charge is -2.29. The summed E-state index contributed by atoms with van der Waals surface area (Å²) >= 11 is 0. The van der Waals surface area contributed by atoms with E-state index in [2.05, 4.69) is 15.2 Å². The summed E-state index contributed by atoms with van der Waals surface area (Å²) in [6.07, 6.45) is 0. The number of nitrogens with zero attached hydrogens (tertiary/aromatic N) is 2. The van der Waals surface area contributed by atoms with Gasteiger partial charge in [-0.2, -0.15) is 0 Å². The lowest BCUT2D eigenvalue weighted by molar-refractivity contribution is 0.0342. The number of nitrogens with one attached hydrogen (secondary N) is 1. The molecule has 1 aromatic heterocycles. The molecule has 1 N–H and O–H groups in total. The predicted octanol–water partition coefficient (Wildman–Crippen LogP) is 1.69. The molecule has 6 heteroatoms. The first-order valence-corrected chi connectivity index (χ1v) is 8.22. The van der Waals surface area contributed by atoms with Crippen LogP contribution in [0.25, 0.3) is 10.8 Å². The maximum absolute atomic E-state index is 12.5. The molecular formula is C18H23N3O3. The van der Waals surface area contributed by atoms with Gasteiger partial charge in [0, 0.05) is 31.1 Å². The number of carbonyl (C=O) groups excluding carboxylic acids is 1. The lowest BCUT2D eigenvalue weighted by Crippen LogP contribution is -2.46. The number of pyridine rings is 1. The zero-order valence-corrected chi connectivity index (χ0v) is 14.1. The molecular weight excluding hydrogens is 306 g/mol. The highest BCUT2D eigenvalue weighted by Crippen LogP contribution is 2.24. The molecule has 6 nitrogen and oxygen atoms in total. The maximum atomic E-state index is 12.5. The molecule has 1 aromatic carbocycles. The summed E-state index contributed by atoms with van der Waals surface area (Å²) in [6, 6.07) is 9.59. The monoisotopic (exact) mass is 329 g/mol. The SMILES string of the molecule is COc1nc(C(=O)NC(C)CN2CCOCC2)cc2ccccc12. The van der Waals surface area contributed by atoms with Gasteiger partial charge in [0.05, 0.1) is 20.3 Å². The van der Waals surface area contributed by atoms with Crippen LogP contribution in [0.3, 0.4) is 0 Å². The van der Waals surface area contributed by atoms with Crippen molar-refractivity contribution in [1.29, 1.82) is 0 Å². The van der Waals surface area contributed by atoms with Crippen molar-refractivity contribution in [3.63, 3.8) is 0 Å². The van der Waals surface area contributed by atoms with Gasteiger partial charge in [0.15, 0.2) is 0 Å². The molecule has 0 saturated carbocycles. The molecule has 1 unspecified atom stereocenters. The molecule has 0 spiro atoms. The number of amides is 1. The Bertz CT molecular complexity index is 714. The van der Waals surface area contributed by atoms with Crippen molar-refractivity contribution in [2.24, 2.45) is 0 Å². The van der Waals surface area contributed by atoms with Gasteiger partial charge in [-0.25, -0.2) is 4.98 Å². The second-order valence-corrected chi connectivity index (χ2v) is 6.03. The molecule has 3 rings (SSSR count). The summed E-state index contributed by atoms with van der Waals surface area (Å²) in [5.41, 5.74) is 0.374. The average molecular weight is 329 g/mol. The van der Waals surface area contributed by atoms with Gasteiger partial charge in [0.1, 0.15) is 5.69 Å². The number of fused-ring (bicyclic) bond motifs is 1. The van der Waals surface area contributed by atoms with Crippen molar-refractivity contribution >= 4 is 16.7 Å². The number of hydrogen-bond donors (Lipinski definition) is 1. The van der Waals surface area contributed by atoms with Crippen molar-refractivity contribution in [3.8, 4) is 5.88 Å². The van der Waals surface area contributed by atoms with E-state index >= 15 is 0 Å². The highest BCUT2D eigenvalue weighted by molar-refractivity contribution is 5.98. The van der Waals surface area contributed by atoms with Gasteiger partial charge in [-0.1, -0.05) is 18.2 Å². The Morgan fingerprint density at radius 1 is 1.38 bits per heavy atom. The zero-order chi connectivity index (χ0) is 16.9. The van der Waals surface area contributed by atoms with E-state index in [0.29, 0.717) is 11.6 Å². The Morgan fingerprint density at radius 2 is 2.12 bits per heavy atom. The first-order valence-electron chi connectivity index (χ1n) is 8.22. The molecule has 0 aliphatic carbocycles. The van der Waals surface area contributed by atoms with Crippen LogP contribution >= 0.6 is 0 Å². The van der Waals surface area contributed by atoms with Crippen LogP contribution in [0, 0.1) is 0 Å². The first kappa shape index (κ1) is 16.7. The number of aromatic nitrogens is 1. The fraction of sp³-hybridized carbons (Fsp3) is 0.444. The van der Waals surface area contributed by atoms with E-state index in [-0.39, 0.29) is 11.9 Å². The van der Waals surface area contributed by atoms with Crippen LogP contribution in [0.2, 0.25) is 0 Å². The first-order chi connectivity index (χ1) is 11.7. The van der Waals surface area contributed by atoms with E-state index < -0.39 is 0 Å². The second-order valence-electron chi connectivity index (χ2n) is 6.03. The molecule has 1 fully saturated rings. The van der Waals surface area contributed by atoms with E-state index in [0.717, 1.165) is 43.6 Å². The van der Waals surface area contributed by atoms with Crippen LogP contribution in [-0.2, 0) is 4.74 Å². The number of ether oxygens (including phenoxy) is 2. The molecule has 24 heavy (non-hydrogen) atoms. The molecule has 0 radical (unpaired) electrons. The zero-order valence-electron chi connectivity index (χ0n) is 14.1. The van der Waals surface area contributed by atoms with Crippen LogP contribution in [0.4, 0.5) is 0 Å². The van der Waals surface area contributed by atoms with Crippen molar-refractivity contribution < 1.29 is 14.3 Å². The van der Waals surface area contributed by atoms with E-state index in [4.69, 9.17) is 9.47 Å². The second kappa shape index (κ2) is 7.59. The number of rotatable bonds is 5. The molecule has 1 aliphatic rings. The smallest absolute Gasteiger partial charge is 0.270 e. The Hall–Kier alpha value is -2.18. The Kier molecular flexibility index (Phi) is 5.27. The predicted molar refractivity (Wildman–Crippen MR) is 92.5 cm³/mol. The van der Waals surface area contributed by atoms with Crippen LogP contribution in [0.15, 0.2) is 30.3 Å². The van der Waals surface area contributed by atoms with Gasteiger partial charge < -0.3 is 14.8 Å². The molecule has 2 heterocycles. The summed E-state index contributed by atoms with van der Waals surface area (Å²) < 4.78 is 10.7. The van der Waals surface area contributed by atoms with E-state index in [1.54, 1.807) is 13.2 Å². The third-order valence-electron chi connectivity index (χ3n) is 4.14. The van der Waals surface area contributed by atoms with Crippen LogP contribution in [-0.4, -0.2) is 61.8 Å². The van der Waals surface area contributed by atoms with Crippen molar-refractivity contribution in [2.75, 3.05) is 40.0 Å². The van der Waals surface area contributed by atoms with Crippen LogP contribution < -0.4 is 10.1 Å². The average Bonchev–Trinajstić information content (AvgIpc) is 2.61. The number of hydrogen-bond acceptors (Lipinski definition) is 5. The van der Waals surface area contributed by atoms with Crippen LogP contribution in [0.5, 0.6) is 5.88 Å². The Labute approximate surface area is 141 Å². The van der Waals surface area contributed by atoms with Gasteiger partial charge in [-0.05, 0) is 24.4 Å². The molecule has 1 saturated heterocycles. The third-order valence-corrected chi connectivity index (χ3v) is 4.14. The van der Waals surface area contributed by atoms with Gasteiger partial charge in [-0.15, -0.1) is 0 Å². The molecule has 1 aliphatic heterocycles. The van der Waals surface area contributed by atoms with E-state index in [9.17, 15) is 4.79 Å². The largest absolute Gasteiger partial charge is 0.481 e. The van der Waals surface area contributed by atoms with Gasteiger partial charge in [-0.3, -0.25) is 9.69 Å². The standard InChI is InChI=1S/C18H23N3O3/c1-13(12-21-7-9-24-10-8-21)19-17(22)16-11-14-5-3-4-6-15(14)18(20-16)23-2/h3-6,11,13H,7-10,12H2,1-2H3,(H,19,22). The topological polar surface area (TPSA) is 63.7 Å².